The van der Waals surface area contributed by atoms with Gasteiger partial charge in [0.15, 0.2) is 0 Å². The molecule has 0 saturated carbocycles. The largest absolute Gasteiger partial charge is 2.00 e. The van der Waals surface area contributed by atoms with Crippen molar-refractivity contribution in [2.45, 2.75) is 6.61 Å². The molecule has 4 aromatic rings. The maximum absolute atomic E-state index is 8.51. The van der Waals surface area contributed by atoms with Gasteiger partial charge in [-0.25, -0.2) is 4.98 Å². The predicted molar refractivity (Wildman–Crippen MR) is 101 cm³/mol. The van der Waals surface area contributed by atoms with Crippen molar-refractivity contribution in [1.82, 2.24) is 19.9 Å². The second kappa shape index (κ2) is 11.1. The molecular weight excluding hydrogens is 519 g/mol. The van der Waals surface area contributed by atoms with Gasteiger partial charge >= 0.3 is 21.1 Å². The standard InChI is InChI=1S/C15H11N3.C6H7NO.Pt/c1-3-10-16-12(6-1)14-8-5-9-15(18-14)13-7-2-4-11-17-13;8-5-6-1-3-7-4-2-6;/h1-11H;1-4,8H,5H2;/q;;+2. The molecule has 0 spiro atoms. The van der Waals surface area contributed by atoms with Gasteiger partial charge in [-0.2, -0.15) is 0 Å². The van der Waals surface area contributed by atoms with Crippen LogP contribution in [-0.2, 0) is 27.7 Å². The fourth-order valence-electron chi connectivity index (χ4n) is 2.24. The summed E-state index contributed by atoms with van der Waals surface area (Å²) < 4.78 is 0. The Labute approximate surface area is 172 Å². The first-order valence-corrected chi connectivity index (χ1v) is 8.16. The summed E-state index contributed by atoms with van der Waals surface area (Å²) in [7, 11) is 0. The Kier molecular flexibility index (Phi) is 8.43. The summed E-state index contributed by atoms with van der Waals surface area (Å²) >= 11 is 0. The van der Waals surface area contributed by atoms with Crippen LogP contribution in [0.3, 0.4) is 0 Å². The van der Waals surface area contributed by atoms with Crippen LogP contribution in [-0.4, -0.2) is 25.0 Å². The summed E-state index contributed by atoms with van der Waals surface area (Å²) in [5.74, 6) is 0. The van der Waals surface area contributed by atoms with Crippen LogP contribution in [0.15, 0.2) is 91.5 Å². The van der Waals surface area contributed by atoms with Crippen LogP contribution < -0.4 is 0 Å². The SMILES string of the molecule is OCc1ccncc1.[Pt+2].c1ccc(-c2cccc(-c3ccccn3)n2)nc1. The number of hydrogen-bond acceptors (Lipinski definition) is 5. The molecule has 4 heterocycles. The zero-order chi connectivity index (χ0) is 18.0. The van der Waals surface area contributed by atoms with Gasteiger partial charge in [-0.3, -0.25) is 15.0 Å². The Morgan fingerprint density at radius 1 is 0.593 bits per heavy atom. The van der Waals surface area contributed by atoms with Gasteiger partial charge in [0, 0.05) is 24.8 Å². The van der Waals surface area contributed by atoms with E-state index in [0.717, 1.165) is 28.3 Å². The quantitative estimate of drug-likeness (QED) is 0.431. The van der Waals surface area contributed by atoms with E-state index in [-0.39, 0.29) is 27.7 Å². The van der Waals surface area contributed by atoms with Crippen molar-refractivity contribution < 1.29 is 26.2 Å². The van der Waals surface area contributed by atoms with E-state index in [2.05, 4.69) is 19.9 Å². The fourth-order valence-corrected chi connectivity index (χ4v) is 2.24. The minimum atomic E-state index is 0. The van der Waals surface area contributed by atoms with E-state index in [1.165, 1.54) is 0 Å². The van der Waals surface area contributed by atoms with Gasteiger partial charge in [-0.1, -0.05) is 18.2 Å². The molecule has 0 aliphatic heterocycles. The normalized spacial score (nSPS) is 9.52. The van der Waals surface area contributed by atoms with Crippen molar-refractivity contribution in [3.63, 3.8) is 0 Å². The van der Waals surface area contributed by atoms with Crippen molar-refractivity contribution >= 4 is 0 Å². The van der Waals surface area contributed by atoms with Crippen LogP contribution in [0.5, 0.6) is 0 Å². The molecule has 0 aromatic carbocycles. The van der Waals surface area contributed by atoms with Crippen molar-refractivity contribution in [3.05, 3.63) is 97.1 Å². The van der Waals surface area contributed by atoms with Crippen molar-refractivity contribution in [2.24, 2.45) is 0 Å². The number of aliphatic hydroxyl groups is 1. The second-order valence-corrected chi connectivity index (χ2v) is 5.35. The van der Waals surface area contributed by atoms with Gasteiger partial charge in [0.1, 0.15) is 0 Å². The molecule has 4 rings (SSSR count). The van der Waals surface area contributed by atoms with E-state index in [4.69, 9.17) is 5.11 Å². The molecule has 5 nitrogen and oxygen atoms in total. The molecule has 4 aromatic heterocycles. The third-order valence-electron chi connectivity index (χ3n) is 3.54. The smallest absolute Gasteiger partial charge is 0.392 e. The minimum absolute atomic E-state index is 0. The average molecular weight is 537 g/mol. The number of rotatable bonds is 3. The van der Waals surface area contributed by atoms with Gasteiger partial charge in [0.05, 0.1) is 29.4 Å². The maximum Gasteiger partial charge on any atom is 2.00 e. The summed E-state index contributed by atoms with van der Waals surface area (Å²) in [6.45, 7) is 0.0997. The third-order valence-corrected chi connectivity index (χ3v) is 3.54. The van der Waals surface area contributed by atoms with Crippen LogP contribution in [0.25, 0.3) is 22.8 Å². The summed E-state index contributed by atoms with van der Waals surface area (Å²) in [5, 5.41) is 8.51. The first-order chi connectivity index (χ1) is 12.9. The van der Waals surface area contributed by atoms with E-state index in [1.54, 1.807) is 36.9 Å². The molecule has 0 amide bonds. The van der Waals surface area contributed by atoms with Gasteiger partial charge < -0.3 is 5.11 Å². The molecule has 0 aliphatic rings. The molecule has 0 atom stereocenters. The van der Waals surface area contributed by atoms with Crippen LogP contribution in [0.4, 0.5) is 0 Å². The molecule has 0 aliphatic carbocycles. The maximum atomic E-state index is 8.51. The molecular formula is C21H18N4OPt+2. The first-order valence-electron chi connectivity index (χ1n) is 8.16. The summed E-state index contributed by atoms with van der Waals surface area (Å²) in [4.78, 5) is 17.0. The molecule has 0 saturated heterocycles. The van der Waals surface area contributed by atoms with Gasteiger partial charge in [0.2, 0.25) is 0 Å². The number of nitrogens with zero attached hydrogens (tertiary/aromatic N) is 4. The molecule has 0 fully saturated rings. The van der Waals surface area contributed by atoms with Gasteiger partial charge in [-0.05, 0) is 54.1 Å². The Morgan fingerprint density at radius 2 is 1.11 bits per heavy atom. The summed E-state index contributed by atoms with van der Waals surface area (Å²) in [5.41, 5.74) is 4.36. The molecule has 6 heteroatoms. The Balaban J connectivity index is 0.000000247. The Morgan fingerprint density at radius 3 is 1.52 bits per heavy atom. The first kappa shape index (κ1) is 20.6. The molecule has 0 unspecified atom stereocenters. The topological polar surface area (TPSA) is 71.8 Å². The zero-order valence-corrected chi connectivity index (χ0v) is 16.7. The van der Waals surface area contributed by atoms with Crippen LogP contribution >= 0.6 is 0 Å². The fraction of sp³-hybridized carbons (Fsp3) is 0.0476. The van der Waals surface area contributed by atoms with Crippen LogP contribution in [0.1, 0.15) is 5.56 Å². The van der Waals surface area contributed by atoms with Crippen LogP contribution in [0, 0.1) is 0 Å². The van der Waals surface area contributed by atoms with Gasteiger partial charge in [0.25, 0.3) is 0 Å². The number of pyridine rings is 4. The number of aromatic nitrogens is 4. The van der Waals surface area contributed by atoms with E-state index < -0.39 is 0 Å². The van der Waals surface area contributed by atoms with E-state index in [9.17, 15) is 0 Å². The van der Waals surface area contributed by atoms with Crippen molar-refractivity contribution in [2.75, 3.05) is 0 Å². The second-order valence-electron chi connectivity index (χ2n) is 5.35. The van der Waals surface area contributed by atoms with Crippen molar-refractivity contribution in [3.8, 4) is 22.8 Å². The van der Waals surface area contributed by atoms with E-state index >= 15 is 0 Å². The van der Waals surface area contributed by atoms with Crippen LogP contribution in [0.2, 0.25) is 0 Å². The number of hydrogen-bond donors (Lipinski definition) is 1. The van der Waals surface area contributed by atoms with Gasteiger partial charge in [-0.15, -0.1) is 0 Å². The van der Waals surface area contributed by atoms with Crippen molar-refractivity contribution in [1.29, 1.82) is 0 Å². The molecule has 27 heavy (non-hydrogen) atoms. The third kappa shape index (κ3) is 6.17. The zero-order valence-electron chi connectivity index (χ0n) is 14.4. The predicted octanol–water partition coefficient (Wildman–Crippen LogP) is 3.78. The molecule has 136 valence electrons. The average Bonchev–Trinajstić information content (AvgIpc) is 2.76. The molecule has 0 bridgehead atoms. The minimum Gasteiger partial charge on any atom is -0.392 e. The number of aliphatic hydroxyl groups excluding tert-OH is 1. The van der Waals surface area contributed by atoms with E-state index in [0.29, 0.717) is 0 Å². The summed E-state index contributed by atoms with van der Waals surface area (Å²) in [6, 6.07) is 21.0. The Hall–Kier alpha value is -2.75. The Bertz CT molecular complexity index is 867. The monoisotopic (exact) mass is 537 g/mol. The molecule has 1 N–H and O–H groups in total. The van der Waals surface area contributed by atoms with E-state index in [1.807, 2.05) is 54.6 Å². The molecule has 0 radical (unpaired) electrons. The summed E-state index contributed by atoms with van der Waals surface area (Å²) in [6.07, 6.45) is 6.85.